The third-order valence-corrected chi connectivity index (χ3v) is 4.92. The Morgan fingerprint density at radius 1 is 0.867 bits per heavy atom. The van der Waals surface area contributed by atoms with Crippen molar-refractivity contribution in [1.29, 1.82) is 0 Å². The molecule has 30 heavy (non-hydrogen) atoms. The number of aliphatic hydroxyl groups excluding tert-OH is 1. The summed E-state index contributed by atoms with van der Waals surface area (Å²) in [5.74, 6) is 0.780. The summed E-state index contributed by atoms with van der Waals surface area (Å²) in [6.07, 6.45) is -0.533. The van der Waals surface area contributed by atoms with Gasteiger partial charge in [0.05, 0.1) is 0 Å². The Labute approximate surface area is 180 Å². The van der Waals surface area contributed by atoms with Crippen molar-refractivity contribution in [3.8, 4) is 5.75 Å². The number of likely N-dealkylation sites (N-methyl/N-ethyl adjacent to an activating group) is 1. The fourth-order valence-electron chi connectivity index (χ4n) is 3.44. The fourth-order valence-corrected chi connectivity index (χ4v) is 3.44. The van der Waals surface area contributed by atoms with Gasteiger partial charge < -0.3 is 15.2 Å². The van der Waals surface area contributed by atoms with Gasteiger partial charge in [0.1, 0.15) is 18.5 Å². The molecule has 4 heteroatoms. The minimum Gasteiger partial charge on any atom is -0.491 e. The highest BCUT2D eigenvalue weighted by atomic mass is 16.5. The molecule has 1 unspecified atom stereocenters. The van der Waals surface area contributed by atoms with E-state index in [0.717, 1.165) is 25.4 Å². The summed E-state index contributed by atoms with van der Waals surface area (Å²) in [5, 5.41) is 13.8. The molecule has 0 bridgehead atoms. The lowest BCUT2D eigenvalue weighted by atomic mass is 10.1. The summed E-state index contributed by atoms with van der Waals surface area (Å²) in [4.78, 5) is 2.10. The summed E-state index contributed by atoms with van der Waals surface area (Å²) in [7, 11) is 2.01. The maximum atomic E-state index is 10.3. The van der Waals surface area contributed by atoms with E-state index < -0.39 is 6.10 Å². The van der Waals surface area contributed by atoms with Gasteiger partial charge in [-0.3, -0.25) is 4.90 Å². The van der Waals surface area contributed by atoms with Crippen LogP contribution < -0.4 is 10.1 Å². The summed E-state index contributed by atoms with van der Waals surface area (Å²) in [6, 6.07) is 26.9. The lowest BCUT2D eigenvalue weighted by Crippen LogP contribution is -2.32. The van der Waals surface area contributed by atoms with Crippen LogP contribution in [0.25, 0.3) is 0 Å². The van der Waals surface area contributed by atoms with Crippen LogP contribution in [-0.4, -0.2) is 36.3 Å². The van der Waals surface area contributed by atoms with Crippen molar-refractivity contribution in [2.24, 2.45) is 0 Å². The van der Waals surface area contributed by atoms with E-state index in [4.69, 9.17) is 4.74 Å². The molecule has 2 N–H and O–H groups in total. The Bertz CT molecular complexity index is 881. The van der Waals surface area contributed by atoms with E-state index in [1.54, 1.807) is 0 Å². The van der Waals surface area contributed by atoms with Crippen molar-refractivity contribution < 1.29 is 9.84 Å². The number of aryl methyl sites for hydroxylation is 1. The fraction of sp³-hybridized carbons (Fsp3) is 0.308. The first kappa shape index (κ1) is 22.0. The molecule has 0 aliphatic rings. The number of benzene rings is 3. The van der Waals surface area contributed by atoms with Crippen LogP contribution in [0.2, 0.25) is 0 Å². The van der Waals surface area contributed by atoms with E-state index in [0.29, 0.717) is 6.54 Å². The van der Waals surface area contributed by atoms with Crippen LogP contribution >= 0.6 is 0 Å². The second-order valence-electron chi connectivity index (χ2n) is 7.88. The van der Waals surface area contributed by atoms with Crippen molar-refractivity contribution in [3.05, 3.63) is 101 Å². The third-order valence-electron chi connectivity index (χ3n) is 4.92. The van der Waals surface area contributed by atoms with Crippen LogP contribution in [0.4, 0.5) is 0 Å². The van der Waals surface area contributed by atoms with Gasteiger partial charge in [0.15, 0.2) is 0 Å². The Morgan fingerprint density at radius 3 is 2.30 bits per heavy atom. The van der Waals surface area contributed by atoms with Crippen LogP contribution in [-0.2, 0) is 19.6 Å². The third kappa shape index (κ3) is 7.64. The molecule has 3 rings (SSSR count). The SMILES string of the molecule is Cc1cccc(CNCc2ccc(OCC(O)CN(C)Cc3ccccc3)cc2)c1. The molecule has 0 amide bonds. The van der Waals surface area contributed by atoms with E-state index in [2.05, 4.69) is 65.7 Å². The molecule has 158 valence electrons. The van der Waals surface area contributed by atoms with E-state index in [9.17, 15) is 5.11 Å². The van der Waals surface area contributed by atoms with Crippen molar-refractivity contribution in [3.63, 3.8) is 0 Å². The highest BCUT2D eigenvalue weighted by Crippen LogP contribution is 2.13. The molecule has 0 radical (unpaired) electrons. The highest BCUT2D eigenvalue weighted by Gasteiger charge is 2.10. The maximum Gasteiger partial charge on any atom is 0.119 e. The molecule has 0 aromatic heterocycles. The van der Waals surface area contributed by atoms with Crippen molar-refractivity contribution in [2.75, 3.05) is 20.2 Å². The minimum absolute atomic E-state index is 0.282. The van der Waals surface area contributed by atoms with E-state index in [1.165, 1.54) is 22.3 Å². The van der Waals surface area contributed by atoms with Gasteiger partial charge in [-0.05, 0) is 42.8 Å². The van der Waals surface area contributed by atoms with Gasteiger partial charge in [-0.1, -0.05) is 72.3 Å². The van der Waals surface area contributed by atoms with Crippen LogP contribution in [0, 0.1) is 6.92 Å². The van der Waals surface area contributed by atoms with Crippen LogP contribution in [0.1, 0.15) is 22.3 Å². The molecule has 0 saturated heterocycles. The molecule has 3 aromatic carbocycles. The molecule has 0 heterocycles. The largest absolute Gasteiger partial charge is 0.491 e. The van der Waals surface area contributed by atoms with Gasteiger partial charge in [0, 0.05) is 26.2 Å². The number of nitrogens with zero attached hydrogens (tertiary/aromatic N) is 1. The molecule has 0 fully saturated rings. The van der Waals surface area contributed by atoms with Gasteiger partial charge in [-0.25, -0.2) is 0 Å². The van der Waals surface area contributed by atoms with E-state index in [-0.39, 0.29) is 6.61 Å². The van der Waals surface area contributed by atoms with Crippen molar-refractivity contribution in [1.82, 2.24) is 10.2 Å². The van der Waals surface area contributed by atoms with E-state index in [1.807, 2.05) is 37.4 Å². The predicted octanol–water partition coefficient (Wildman–Crippen LogP) is 4.16. The van der Waals surface area contributed by atoms with E-state index >= 15 is 0 Å². The zero-order valence-corrected chi connectivity index (χ0v) is 17.9. The second kappa shape index (κ2) is 11.5. The van der Waals surface area contributed by atoms with Crippen molar-refractivity contribution >= 4 is 0 Å². The summed E-state index contributed by atoms with van der Waals surface area (Å²) in [5.41, 5.74) is 5.02. The lowest BCUT2D eigenvalue weighted by Gasteiger charge is -2.21. The Hall–Kier alpha value is -2.66. The lowest BCUT2D eigenvalue weighted by molar-refractivity contribution is 0.0744. The van der Waals surface area contributed by atoms with Crippen LogP contribution in [0.5, 0.6) is 5.75 Å². The standard InChI is InChI=1S/C26H32N2O2/c1-21-7-6-10-24(15-21)17-27-16-22-11-13-26(14-12-22)30-20-25(29)19-28(2)18-23-8-4-3-5-9-23/h3-15,25,27,29H,16-20H2,1-2H3. The molecule has 0 spiro atoms. The molecule has 3 aromatic rings. The Balaban J connectivity index is 1.36. The molecule has 0 aliphatic heterocycles. The minimum atomic E-state index is -0.533. The average molecular weight is 405 g/mol. The number of hydrogen-bond acceptors (Lipinski definition) is 4. The number of aliphatic hydroxyl groups is 1. The van der Waals surface area contributed by atoms with Crippen molar-refractivity contribution in [2.45, 2.75) is 32.7 Å². The second-order valence-corrected chi connectivity index (χ2v) is 7.88. The smallest absolute Gasteiger partial charge is 0.119 e. The molecule has 4 nitrogen and oxygen atoms in total. The highest BCUT2D eigenvalue weighted by molar-refractivity contribution is 5.27. The summed E-state index contributed by atoms with van der Waals surface area (Å²) < 4.78 is 5.76. The van der Waals surface area contributed by atoms with Gasteiger partial charge in [0.25, 0.3) is 0 Å². The van der Waals surface area contributed by atoms with Gasteiger partial charge in [-0.2, -0.15) is 0 Å². The molecule has 0 saturated carbocycles. The monoisotopic (exact) mass is 404 g/mol. The van der Waals surface area contributed by atoms with Crippen LogP contribution in [0.15, 0.2) is 78.9 Å². The molecule has 1 atom stereocenters. The van der Waals surface area contributed by atoms with Crippen LogP contribution in [0.3, 0.4) is 0 Å². The number of rotatable bonds is 11. The number of hydrogen-bond donors (Lipinski definition) is 2. The predicted molar refractivity (Wildman–Crippen MR) is 122 cm³/mol. The maximum absolute atomic E-state index is 10.3. The van der Waals surface area contributed by atoms with Gasteiger partial charge in [-0.15, -0.1) is 0 Å². The quantitative estimate of drug-likeness (QED) is 0.504. The summed E-state index contributed by atoms with van der Waals surface area (Å²) >= 11 is 0. The molecular formula is C26H32N2O2. The average Bonchev–Trinajstić information content (AvgIpc) is 2.74. The topological polar surface area (TPSA) is 44.7 Å². The summed E-state index contributed by atoms with van der Waals surface area (Å²) in [6.45, 7) is 5.42. The Kier molecular flexibility index (Phi) is 8.45. The molecule has 0 aliphatic carbocycles. The zero-order valence-electron chi connectivity index (χ0n) is 17.9. The number of nitrogens with one attached hydrogen (secondary N) is 1. The first-order valence-electron chi connectivity index (χ1n) is 10.5. The Morgan fingerprint density at radius 2 is 1.57 bits per heavy atom. The van der Waals surface area contributed by atoms with Gasteiger partial charge in [0.2, 0.25) is 0 Å². The van der Waals surface area contributed by atoms with Gasteiger partial charge >= 0.3 is 0 Å². The first-order valence-corrected chi connectivity index (χ1v) is 10.5. The normalized spacial score (nSPS) is 12.1. The first-order chi connectivity index (χ1) is 14.6. The molecular weight excluding hydrogens is 372 g/mol. The zero-order chi connectivity index (χ0) is 21.2. The number of ether oxygens (including phenoxy) is 1.